The second-order valence-corrected chi connectivity index (χ2v) is 16.9. The van der Waals surface area contributed by atoms with Gasteiger partial charge in [-0.15, -0.1) is 0 Å². The predicted octanol–water partition coefficient (Wildman–Crippen LogP) is 7.96. The minimum atomic E-state index is -0.876. The SMILES string of the molecule is CCC(C)(CC(C)(CC(C)(C)C(=O)OCCN(C)C)C(=O)OC12CC3CC(CC(C3)C1)C2)c1ccc(OC(C)(C)C)cc1. The van der Waals surface area contributed by atoms with Crippen LogP contribution in [-0.4, -0.2) is 55.3 Å². The van der Waals surface area contributed by atoms with Gasteiger partial charge in [0.2, 0.25) is 0 Å². The first-order chi connectivity index (χ1) is 19.9. The minimum absolute atomic E-state index is 0.143. The van der Waals surface area contributed by atoms with Crippen LogP contribution in [0.3, 0.4) is 0 Å². The molecule has 0 saturated heterocycles. The van der Waals surface area contributed by atoms with Crippen LogP contribution in [0.2, 0.25) is 0 Å². The normalized spacial score (nSPS) is 27.8. The summed E-state index contributed by atoms with van der Waals surface area (Å²) >= 11 is 0. The Balaban J connectivity index is 1.61. The first-order valence-electron chi connectivity index (χ1n) is 16.7. The molecule has 0 radical (unpaired) electrons. The summed E-state index contributed by atoms with van der Waals surface area (Å²) in [5.41, 5.74) is -1.48. The molecule has 2 atom stereocenters. The largest absolute Gasteiger partial charge is 0.488 e. The Morgan fingerprint density at radius 1 is 0.837 bits per heavy atom. The van der Waals surface area contributed by atoms with Crippen LogP contribution in [0.15, 0.2) is 24.3 Å². The van der Waals surface area contributed by atoms with Crippen molar-refractivity contribution < 1.29 is 23.8 Å². The van der Waals surface area contributed by atoms with Crippen molar-refractivity contribution in [2.24, 2.45) is 28.6 Å². The molecule has 5 rings (SSSR count). The van der Waals surface area contributed by atoms with Gasteiger partial charge in [0.1, 0.15) is 23.6 Å². The third-order valence-electron chi connectivity index (χ3n) is 10.5. The van der Waals surface area contributed by atoms with Gasteiger partial charge in [-0.25, -0.2) is 0 Å². The summed E-state index contributed by atoms with van der Waals surface area (Å²) < 4.78 is 18.5. The van der Waals surface area contributed by atoms with Crippen LogP contribution in [0, 0.1) is 28.6 Å². The van der Waals surface area contributed by atoms with Crippen molar-refractivity contribution in [3.63, 3.8) is 0 Å². The molecule has 242 valence electrons. The van der Waals surface area contributed by atoms with Crippen molar-refractivity contribution in [3.8, 4) is 5.75 Å². The number of hydrogen-bond acceptors (Lipinski definition) is 6. The van der Waals surface area contributed by atoms with Gasteiger partial charge in [-0.05, 0) is 154 Å². The maximum Gasteiger partial charge on any atom is 0.312 e. The average Bonchev–Trinajstić information content (AvgIpc) is 2.86. The fourth-order valence-electron chi connectivity index (χ4n) is 8.82. The number of carbonyl (C=O) groups is 2. The summed E-state index contributed by atoms with van der Waals surface area (Å²) in [5.74, 6) is 2.48. The van der Waals surface area contributed by atoms with Gasteiger partial charge in [0.15, 0.2) is 0 Å². The van der Waals surface area contributed by atoms with Gasteiger partial charge in [0.25, 0.3) is 0 Å². The van der Waals surface area contributed by atoms with E-state index in [1.54, 1.807) is 0 Å². The summed E-state index contributed by atoms with van der Waals surface area (Å²) in [6, 6.07) is 8.34. The van der Waals surface area contributed by atoms with Crippen molar-refractivity contribution in [2.45, 2.75) is 130 Å². The molecule has 2 unspecified atom stereocenters. The molecule has 4 fully saturated rings. The molecule has 43 heavy (non-hydrogen) atoms. The highest BCUT2D eigenvalue weighted by molar-refractivity contribution is 5.81. The van der Waals surface area contributed by atoms with Crippen molar-refractivity contribution in [1.29, 1.82) is 0 Å². The predicted molar refractivity (Wildman–Crippen MR) is 172 cm³/mol. The maximum absolute atomic E-state index is 14.6. The van der Waals surface area contributed by atoms with Gasteiger partial charge in [0, 0.05) is 6.54 Å². The molecule has 0 aromatic heterocycles. The van der Waals surface area contributed by atoms with Crippen LogP contribution < -0.4 is 4.74 Å². The highest BCUT2D eigenvalue weighted by Gasteiger charge is 2.56. The summed E-state index contributed by atoms with van der Waals surface area (Å²) in [6.07, 6.45) is 8.67. The van der Waals surface area contributed by atoms with E-state index in [9.17, 15) is 9.59 Å². The fourth-order valence-corrected chi connectivity index (χ4v) is 8.82. The Hall–Kier alpha value is -2.08. The Labute approximate surface area is 261 Å². The lowest BCUT2D eigenvalue weighted by atomic mass is 9.54. The Morgan fingerprint density at radius 3 is 1.84 bits per heavy atom. The number of hydrogen-bond donors (Lipinski definition) is 0. The summed E-state index contributed by atoms with van der Waals surface area (Å²) in [5, 5.41) is 0. The first kappa shape index (κ1) is 33.8. The summed E-state index contributed by atoms with van der Waals surface area (Å²) in [7, 11) is 3.92. The Kier molecular flexibility index (Phi) is 9.72. The molecule has 0 aliphatic heterocycles. The van der Waals surface area contributed by atoms with E-state index in [2.05, 4.69) is 26.0 Å². The van der Waals surface area contributed by atoms with Gasteiger partial charge in [0.05, 0.1) is 10.8 Å². The number of benzene rings is 1. The van der Waals surface area contributed by atoms with Crippen LogP contribution in [0.25, 0.3) is 0 Å². The molecule has 6 heteroatoms. The van der Waals surface area contributed by atoms with Gasteiger partial charge < -0.3 is 19.1 Å². The molecule has 4 saturated carbocycles. The third-order valence-corrected chi connectivity index (χ3v) is 10.5. The molecule has 1 aromatic rings. The zero-order valence-corrected chi connectivity index (χ0v) is 28.8. The zero-order chi connectivity index (χ0) is 31.8. The smallest absolute Gasteiger partial charge is 0.312 e. The standard InChI is InChI=1S/C37H59NO5/c1-11-35(7,29-12-14-30(15-13-29)42-33(2,3)4)25-36(8,24-34(5,6)31(39)41-17-16-38(9)10)32(40)43-37-21-26-18-27(22-37)20-28(19-26)23-37/h12-15,26-28H,11,16-25H2,1-10H3. The van der Waals surface area contributed by atoms with Crippen LogP contribution >= 0.6 is 0 Å². The zero-order valence-electron chi connectivity index (χ0n) is 28.8. The van der Waals surface area contributed by atoms with Crippen LogP contribution in [0.5, 0.6) is 5.75 Å². The molecule has 0 N–H and O–H groups in total. The second-order valence-electron chi connectivity index (χ2n) is 16.9. The van der Waals surface area contributed by atoms with E-state index in [1.165, 1.54) is 19.3 Å². The first-order valence-corrected chi connectivity index (χ1v) is 16.7. The molecular formula is C37H59NO5. The van der Waals surface area contributed by atoms with Crippen molar-refractivity contribution in [1.82, 2.24) is 4.90 Å². The monoisotopic (exact) mass is 597 g/mol. The van der Waals surface area contributed by atoms with Crippen LogP contribution in [-0.2, 0) is 24.5 Å². The summed E-state index contributed by atoms with van der Waals surface area (Å²) in [4.78, 5) is 30.0. The van der Waals surface area contributed by atoms with Gasteiger partial charge in [-0.3, -0.25) is 9.59 Å². The maximum atomic E-state index is 14.6. The van der Waals surface area contributed by atoms with Gasteiger partial charge in [-0.1, -0.05) is 26.0 Å². The number of nitrogens with zero attached hydrogens (tertiary/aromatic N) is 1. The topological polar surface area (TPSA) is 65.1 Å². The van der Waals surface area contributed by atoms with Crippen LogP contribution in [0.4, 0.5) is 0 Å². The highest BCUT2D eigenvalue weighted by Crippen LogP contribution is 2.58. The lowest BCUT2D eigenvalue weighted by molar-refractivity contribution is -0.200. The van der Waals surface area contributed by atoms with E-state index in [0.29, 0.717) is 43.7 Å². The molecule has 0 amide bonds. The van der Waals surface area contributed by atoms with Gasteiger partial charge >= 0.3 is 11.9 Å². The van der Waals surface area contributed by atoms with E-state index in [0.717, 1.165) is 37.0 Å². The minimum Gasteiger partial charge on any atom is -0.488 e. The molecule has 4 aliphatic carbocycles. The molecular weight excluding hydrogens is 538 g/mol. The third kappa shape index (κ3) is 8.15. The molecule has 4 aliphatic rings. The fraction of sp³-hybridized carbons (Fsp3) is 0.784. The highest BCUT2D eigenvalue weighted by atomic mass is 16.6. The van der Waals surface area contributed by atoms with E-state index in [4.69, 9.17) is 14.2 Å². The van der Waals surface area contributed by atoms with Gasteiger partial charge in [-0.2, -0.15) is 0 Å². The molecule has 0 spiro atoms. The number of likely N-dealkylation sites (N-methyl/N-ethyl adjacent to an activating group) is 1. The number of rotatable bonds is 13. The van der Waals surface area contributed by atoms with Crippen molar-refractivity contribution in [2.75, 3.05) is 27.2 Å². The number of ether oxygens (including phenoxy) is 3. The Morgan fingerprint density at radius 2 is 1.37 bits per heavy atom. The van der Waals surface area contributed by atoms with E-state index in [-0.39, 0.29) is 28.6 Å². The quantitative estimate of drug-likeness (QED) is 0.215. The van der Waals surface area contributed by atoms with Crippen molar-refractivity contribution in [3.05, 3.63) is 29.8 Å². The van der Waals surface area contributed by atoms with E-state index < -0.39 is 10.8 Å². The molecule has 6 nitrogen and oxygen atoms in total. The lowest BCUT2D eigenvalue weighted by Crippen LogP contribution is -2.55. The van der Waals surface area contributed by atoms with Crippen LogP contribution in [0.1, 0.15) is 119 Å². The van der Waals surface area contributed by atoms with Crippen molar-refractivity contribution >= 4 is 11.9 Å². The molecule has 4 bridgehead atoms. The number of esters is 2. The lowest BCUT2D eigenvalue weighted by Gasteiger charge is -2.56. The average molecular weight is 598 g/mol. The second kappa shape index (κ2) is 12.4. The molecule has 1 aromatic carbocycles. The number of carbonyl (C=O) groups excluding carboxylic acids is 2. The Bertz CT molecular complexity index is 1100. The summed E-state index contributed by atoms with van der Waals surface area (Å²) in [6.45, 7) is 17.4. The van der Waals surface area contributed by atoms with E-state index in [1.807, 2.05) is 72.7 Å². The van der Waals surface area contributed by atoms with E-state index >= 15 is 0 Å². The molecule has 0 heterocycles.